The Morgan fingerprint density at radius 1 is 1.24 bits per heavy atom. The SMILES string of the molecule is COc1cc2nc(NCc3cn[nH]c3C)sc2cc1OC. The molecule has 0 unspecified atom stereocenters. The van der Waals surface area contributed by atoms with Crippen molar-refractivity contribution in [2.45, 2.75) is 13.5 Å². The number of rotatable bonds is 5. The number of aromatic nitrogens is 3. The third-order valence-electron chi connectivity index (χ3n) is 3.26. The number of anilines is 1. The van der Waals surface area contributed by atoms with Crippen molar-refractivity contribution in [3.8, 4) is 11.5 Å². The van der Waals surface area contributed by atoms with Gasteiger partial charge in [0.05, 0.1) is 30.6 Å². The Balaban J connectivity index is 1.85. The first-order valence-electron chi connectivity index (χ1n) is 6.46. The fourth-order valence-corrected chi connectivity index (χ4v) is 2.93. The molecule has 21 heavy (non-hydrogen) atoms. The molecule has 0 radical (unpaired) electrons. The average Bonchev–Trinajstić information content (AvgIpc) is 3.08. The predicted octanol–water partition coefficient (Wildman–Crippen LogP) is 2.96. The molecule has 110 valence electrons. The van der Waals surface area contributed by atoms with E-state index in [2.05, 4.69) is 20.5 Å². The van der Waals surface area contributed by atoms with Gasteiger partial charge in [0.15, 0.2) is 16.6 Å². The Labute approximate surface area is 126 Å². The molecule has 3 rings (SSSR count). The monoisotopic (exact) mass is 304 g/mol. The van der Waals surface area contributed by atoms with Gasteiger partial charge in [0.25, 0.3) is 0 Å². The number of nitrogens with zero attached hydrogens (tertiary/aromatic N) is 2. The van der Waals surface area contributed by atoms with Crippen LogP contribution in [0, 0.1) is 6.92 Å². The topological polar surface area (TPSA) is 72.1 Å². The van der Waals surface area contributed by atoms with Crippen molar-refractivity contribution < 1.29 is 9.47 Å². The van der Waals surface area contributed by atoms with Gasteiger partial charge in [-0.3, -0.25) is 5.10 Å². The van der Waals surface area contributed by atoms with E-state index in [9.17, 15) is 0 Å². The van der Waals surface area contributed by atoms with Crippen LogP contribution >= 0.6 is 11.3 Å². The van der Waals surface area contributed by atoms with Gasteiger partial charge in [0, 0.05) is 29.9 Å². The van der Waals surface area contributed by atoms with Gasteiger partial charge in [-0.2, -0.15) is 5.10 Å². The molecule has 0 amide bonds. The Kier molecular flexibility index (Phi) is 3.66. The van der Waals surface area contributed by atoms with Crippen molar-refractivity contribution in [3.05, 3.63) is 29.6 Å². The number of methoxy groups -OCH3 is 2. The van der Waals surface area contributed by atoms with Crippen molar-refractivity contribution in [3.63, 3.8) is 0 Å². The number of hydrogen-bond acceptors (Lipinski definition) is 6. The smallest absolute Gasteiger partial charge is 0.184 e. The normalized spacial score (nSPS) is 10.8. The highest BCUT2D eigenvalue weighted by Gasteiger charge is 2.11. The minimum Gasteiger partial charge on any atom is -0.493 e. The number of aryl methyl sites for hydroxylation is 1. The number of hydrogen-bond donors (Lipinski definition) is 2. The van der Waals surface area contributed by atoms with Gasteiger partial charge in [0.2, 0.25) is 0 Å². The van der Waals surface area contributed by atoms with Crippen molar-refractivity contribution in [2.75, 3.05) is 19.5 Å². The first-order chi connectivity index (χ1) is 10.2. The van der Waals surface area contributed by atoms with Crippen molar-refractivity contribution in [1.82, 2.24) is 15.2 Å². The molecule has 0 atom stereocenters. The summed E-state index contributed by atoms with van der Waals surface area (Å²) >= 11 is 1.59. The zero-order chi connectivity index (χ0) is 14.8. The van der Waals surface area contributed by atoms with E-state index in [1.807, 2.05) is 25.3 Å². The summed E-state index contributed by atoms with van der Waals surface area (Å²) in [7, 11) is 3.25. The zero-order valence-corrected chi connectivity index (χ0v) is 12.9. The molecule has 0 bridgehead atoms. The lowest BCUT2D eigenvalue weighted by Crippen LogP contribution is -1.99. The number of thiazole rings is 1. The standard InChI is InChI=1S/C14H16N4O2S/c1-8-9(7-16-18-8)6-15-14-17-10-4-11(19-2)12(20-3)5-13(10)21-14/h4-5,7H,6H2,1-3H3,(H,15,17)(H,16,18). The second-order valence-corrected chi connectivity index (χ2v) is 5.60. The van der Waals surface area contributed by atoms with Crippen LogP contribution in [0.15, 0.2) is 18.3 Å². The van der Waals surface area contributed by atoms with E-state index in [-0.39, 0.29) is 0 Å². The number of ether oxygens (including phenoxy) is 2. The van der Waals surface area contributed by atoms with E-state index >= 15 is 0 Å². The number of H-pyrrole nitrogens is 1. The summed E-state index contributed by atoms with van der Waals surface area (Å²) in [6.45, 7) is 2.69. The van der Waals surface area contributed by atoms with Crippen molar-refractivity contribution in [1.29, 1.82) is 0 Å². The summed E-state index contributed by atoms with van der Waals surface area (Å²) in [5.74, 6) is 1.40. The van der Waals surface area contributed by atoms with Gasteiger partial charge in [-0.1, -0.05) is 11.3 Å². The molecule has 0 aliphatic rings. The first-order valence-corrected chi connectivity index (χ1v) is 7.28. The molecule has 0 aliphatic carbocycles. The van der Waals surface area contributed by atoms with Gasteiger partial charge in [0.1, 0.15) is 0 Å². The van der Waals surface area contributed by atoms with Crippen LogP contribution in [0.2, 0.25) is 0 Å². The van der Waals surface area contributed by atoms with Crippen LogP contribution in [0.4, 0.5) is 5.13 Å². The van der Waals surface area contributed by atoms with Crippen LogP contribution in [0.3, 0.4) is 0 Å². The minimum absolute atomic E-state index is 0.688. The maximum Gasteiger partial charge on any atom is 0.184 e. The number of benzene rings is 1. The Bertz CT molecular complexity index is 725. The third-order valence-corrected chi connectivity index (χ3v) is 4.23. The van der Waals surface area contributed by atoms with Crippen LogP contribution in [0.25, 0.3) is 10.2 Å². The summed E-state index contributed by atoms with van der Waals surface area (Å²) < 4.78 is 11.7. The van der Waals surface area contributed by atoms with Gasteiger partial charge in [-0.05, 0) is 6.92 Å². The summed E-state index contributed by atoms with van der Waals surface area (Å²) in [6.07, 6.45) is 1.82. The lowest BCUT2D eigenvalue weighted by Gasteiger charge is -2.05. The van der Waals surface area contributed by atoms with Crippen LogP contribution in [-0.2, 0) is 6.54 Å². The summed E-state index contributed by atoms with van der Waals surface area (Å²) in [5.41, 5.74) is 3.08. The van der Waals surface area contributed by atoms with E-state index in [0.717, 1.165) is 26.6 Å². The van der Waals surface area contributed by atoms with Crippen LogP contribution in [-0.4, -0.2) is 29.4 Å². The number of aromatic amines is 1. The average molecular weight is 304 g/mol. The highest BCUT2D eigenvalue weighted by atomic mass is 32.1. The molecule has 0 fully saturated rings. The van der Waals surface area contributed by atoms with E-state index in [4.69, 9.17) is 9.47 Å². The van der Waals surface area contributed by atoms with E-state index < -0.39 is 0 Å². The molecule has 0 saturated heterocycles. The molecule has 0 aliphatic heterocycles. The van der Waals surface area contributed by atoms with E-state index in [1.54, 1.807) is 25.6 Å². The van der Waals surface area contributed by atoms with Gasteiger partial charge in [-0.15, -0.1) is 0 Å². The molecule has 3 aromatic rings. The van der Waals surface area contributed by atoms with Gasteiger partial charge >= 0.3 is 0 Å². The number of nitrogens with one attached hydrogen (secondary N) is 2. The summed E-state index contributed by atoms with van der Waals surface area (Å²) in [6, 6.07) is 3.83. The molecule has 2 heterocycles. The first kappa shape index (κ1) is 13.7. The fourth-order valence-electron chi connectivity index (χ4n) is 2.06. The highest BCUT2D eigenvalue weighted by molar-refractivity contribution is 7.22. The van der Waals surface area contributed by atoms with Crippen molar-refractivity contribution >= 4 is 26.7 Å². The largest absolute Gasteiger partial charge is 0.493 e. The molecule has 0 saturated carbocycles. The molecule has 2 N–H and O–H groups in total. The molecule has 7 heteroatoms. The lowest BCUT2D eigenvalue weighted by atomic mass is 10.3. The van der Waals surface area contributed by atoms with Gasteiger partial charge in [-0.25, -0.2) is 4.98 Å². The minimum atomic E-state index is 0.688. The van der Waals surface area contributed by atoms with Crippen LogP contribution < -0.4 is 14.8 Å². The lowest BCUT2D eigenvalue weighted by molar-refractivity contribution is 0.356. The predicted molar refractivity (Wildman–Crippen MR) is 83.4 cm³/mol. The summed E-state index contributed by atoms with van der Waals surface area (Å²) in [5, 5.41) is 11.1. The summed E-state index contributed by atoms with van der Waals surface area (Å²) in [4.78, 5) is 4.57. The second kappa shape index (κ2) is 5.61. The second-order valence-electron chi connectivity index (χ2n) is 4.57. The molecule has 0 spiro atoms. The highest BCUT2D eigenvalue weighted by Crippen LogP contribution is 2.36. The van der Waals surface area contributed by atoms with E-state index in [1.165, 1.54) is 0 Å². The zero-order valence-electron chi connectivity index (χ0n) is 12.1. The Hall–Kier alpha value is -2.28. The molecular formula is C14H16N4O2S. The number of fused-ring (bicyclic) bond motifs is 1. The Morgan fingerprint density at radius 2 is 2.00 bits per heavy atom. The Morgan fingerprint density at radius 3 is 2.67 bits per heavy atom. The van der Waals surface area contributed by atoms with Crippen LogP contribution in [0.1, 0.15) is 11.3 Å². The van der Waals surface area contributed by atoms with Crippen LogP contribution in [0.5, 0.6) is 11.5 Å². The third kappa shape index (κ3) is 2.64. The fraction of sp³-hybridized carbons (Fsp3) is 0.286. The molecule has 2 aromatic heterocycles. The molecule has 6 nitrogen and oxygen atoms in total. The quantitative estimate of drug-likeness (QED) is 0.758. The molecular weight excluding hydrogens is 288 g/mol. The maximum absolute atomic E-state index is 5.31. The van der Waals surface area contributed by atoms with Crippen molar-refractivity contribution in [2.24, 2.45) is 0 Å². The molecule has 1 aromatic carbocycles. The van der Waals surface area contributed by atoms with E-state index in [0.29, 0.717) is 18.0 Å². The van der Waals surface area contributed by atoms with Gasteiger partial charge < -0.3 is 14.8 Å². The maximum atomic E-state index is 5.31.